The normalized spacial score (nSPS) is 11.0. The highest BCUT2D eigenvalue weighted by Gasteiger charge is 2.22. The molecule has 0 aliphatic carbocycles. The molecule has 0 fully saturated rings. The Balaban J connectivity index is 0.000000123. The van der Waals surface area contributed by atoms with Crippen molar-refractivity contribution in [3.05, 3.63) is 479 Å². The zero-order valence-electron chi connectivity index (χ0n) is 66.8. The van der Waals surface area contributed by atoms with Crippen LogP contribution in [0.3, 0.4) is 0 Å². The maximum Gasteiger partial charge on any atom is 0.0540 e. The molecule has 0 radical (unpaired) electrons. The van der Waals surface area contributed by atoms with E-state index in [1.54, 1.807) is 0 Å². The molecular formula is C113H88N6. The lowest BCUT2D eigenvalue weighted by atomic mass is 10.0. The van der Waals surface area contributed by atoms with Crippen molar-refractivity contribution in [1.82, 2.24) is 0 Å². The molecule has 20 aromatic carbocycles. The Morgan fingerprint density at radius 2 is 0.353 bits per heavy atom. The van der Waals surface area contributed by atoms with Gasteiger partial charge in [-0.2, -0.15) is 0 Å². The van der Waals surface area contributed by atoms with Gasteiger partial charge in [0.2, 0.25) is 0 Å². The molecule has 0 bridgehead atoms. The van der Waals surface area contributed by atoms with Gasteiger partial charge in [-0.1, -0.05) is 322 Å². The van der Waals surface area contributed by atoms with Gasteiger partial charge in [0, 0.05) is 111 Å². The molecule has 0 spiro atoms. The summed E-state index contributed by atoms with van der Waals surface area (Å²) in [5, 5.41) is 12.3. The minimum Gasteiger partial charge on any atom is -0.345 e. The van der Waals surface area contributed by atoms with Gasteiger partial charge in [0.1, 0.15) is 0 Å². The van der Waals surface area contributed by atoms with Crippen LogP contribution in [0.1, 0.15) is 0 Å². The van der Waals surface area contributed by atoms with Crippen molar-refractivity contribution in [3.63, 3.8) is 0 Å². The van der Waals surface area contributed by atoms with Crippen LogP contribution in [0, 0.1) is 0 Å². The number of hydrogen-bond donors (Lipinski definition) is 0. The van der Waals surface area contributed by atoms with Crippen LogP contribution in [-0.2, 0) is 0 Å². The molecule has 6 nitrogen and oxygen atoms in total. The first-order chi connectivity index (χ1) is 58.8. The molecule has 0 amide bonds. The summed E-state index contributed by atoms with van der Waals surface area (Å²) in [6.45, 7) is 0. The Morgan fingerprint density at radius 3 is 0.714 bits per heavy atom. The Hall–Kier alpha value is -15.5. The molecule has 0 N–H and O–H groups in total. The van der Waals surface area contributed by atoms with Crippen LogP contribution >= 0.6 is 0 Å². The van der Waals surface area contributed by atoms with Crippen LogP contribution in [0.15, 0.2) is 479 Å². The van der Waals surface area contributed by atoms with E-state index in [4.69, 9.17) is 0 Å². The molecule has 0 aliphatic rings. The van der Waals surface area contributed by atoms with Gasteiger partial charge in [-0.05, 0) is 223 Å². The van der Waals surface area contributed by atoms with Gasteiger partial charge < -0.3 is 29.4 Å². The van der Waals surface area contributed by atoms with E-state index in [2.05, 4.69) is 524 Å². The second-order valence-corrected chi connectivity index (χ2v) is 29.8. The van der Waals surface area contributed by atoms with Gasteiger partial charge in [0.15, 0.2) is 0 Å². The lowest BCUT2D eigenvalue weighted by Gasteiger charge is -2.28. The van der Waals surface area contributed by atoms with Crippen LogP contribution in [-0.4, -0.2) is 21.1 Å². The highest BCUT2D eigenvalue weighted by molar-refractivity contribution is 6.03. The summed E-state index contributed by atoms with van der Waals surface area (Å²) in [6.07, 6.45) is 0. The number of anilines is 15. The number of fused-ring (bicyclic) bond motifs is 5. The van der Waals surface area contributed by atoms with Crippen molar-refractivity contribution in [2.45, 2.75) is 0 Å². The van der Waals surface area contributed by atoms with Crippen LogP contribution in [0.4, 0.5) is 85.3 Å². The fourth-order valence-electron chi connectivity index (χ4n) is 16.3. The zero-order chi connectivity index (χ0) is 80.2. The van der Waals surface area contributed by atoms with Gasteiger partial charge in [-0.15, -0.1) is 0 Å². The summed E-state index contributed by atoms with van der Waals surface area (Å²) in [7, 11) is 6.38. The number of nitrogens with zero attached hydrogens (tertiary/aromatic N) is 6. The summed E-state index contributed by atoms with van der Waals surface area (Å²) in [6, 6.07) is 171. The Labute approximate surface area is 697 Å². The summed E-state index contributed by atoms with van der Waals surface area (Å²) < 4.78 is 0. The van der Waals surface area contributed by atoms with Crippen molar-refractivity contribution in [2.24, 2.45) is 0 Å². The molecule has 20 rings (SSSR count). The standard InChI is InChI=1S/2C39H30N2.C35H28N2/c1-40(38-22-10-16-30-14-5-7-20-36(30)38)33-24-26-34(27-25-33)41(39-23-11-17-31-15-6-8-21-37(31)39)35-19-9-18-32(28-35)29-12-3-2-4-13-29;1-40(36-22-21-30-13-5-6-15-32(30)27-36)34-23-25-35(26-24-34)41(39-20-10-16-31-14-7-8-19-38(31)39)37-18-9-17-33(28-37)29-11-3-2-4-12-29;1-36(30-17-6-3-7-18-30)31-22-24-32(25-23-31)37(35-21-11-15-28-14-8-9-20-34(28)35)33-19-10-16-29(26-33)27-12-4-2-5-13-27/h2*2-28H,1H3;2-26H,1H3. The van der Waals surface area contributed by atoms with Gasteiger partial charge in [-0.3, -0.25) is 0 Å². The fourth-order valence-corrected chi connectivity index (χ4v) is 16.3. The molecule has 6 heteroatoms. The average molecular weight is 1530 g/mol. The summed E-state index contributed by atoms with van der Waals surface area (Å²) >= 11 is 0. The SMILES string of the molecule is CN(c1ccc(N(c2cccc(-c3ccccc3)c2)c2cccc3ccccc23)cc1)c1ccc2ccccc2c1.CN(c1ccc(N(c2cccc(-c3ccccc3)c2)c2cccc3ccccc23)cc1)c1cccc2ccccc12.CN(c1ccccc1)c1ccc(N(c2cccc(-c3ccccc3)c2)c2cccc3ccccc23)cc1. The Kier molecular flexibility index (Phi) is 21.8. The number of rotatable bonds is 18. The third-order valence-electron chi connectivity index (χ3n) is 22.5. The number of benzene rings is 20. The predicted octanol–water partition coefficient (Wildman–Crippen LogP) is 31.5. The molecule has 20 aromatic rings. The quantitative estimate of drug-likeness (QED) is 0.0847. The second-order valence-electron chi connectivity index (χ2n) is 29.8. The number of hydrogen-bond acceptors (Lipinski definition) is 6. The van der Waals surface area contributed by atoms with Gasteiger partial charge in [0.25, 0.3) is 0 Å². The predicted molar refractivity (Wildman–Crippen MR) is 511 cm³/mol. The van der Waals surface area contributed by atoms with E-state index in [0.717, 1.165) is 79.6 Å². The van der Waals surface area contributed by atoms with Gasteiger partial charge >= 0.3 is 0 Å². The topological polar surface area (TPSA) is 19.4 Å². The molecular weight excluding hydrogens is 1440 g/mol. The molecule has 0 atom stereocenters. The van der Waals surface area contributed by atoms with Gasteiger partial charge in [-0.25, -0.2) is 0 Å². The van der Waals surface area contributed by atoms with Crippen molar-refractivity contribution in [1.29, 1.82) is 0 Å². The molecule has 119 heavy (non-hydrogen) atoms. The number of para-hydroxylation sites is 1. The first-order valence-corrected chi connectivity index (χ1v) is 40.6. The van der Waals surface area contributed by atoms with E-state index in [0.29, 0.717) is 0 Å². The zero-order valence-corrected chi connectivity index (χ0v) is 66.8. The maximum absolute atomic E-state index is 2.37. The summed E-state index contributed by atoms with van der Waals surface area (Å²) in [5.74, 6) is 0. The van der Waals surface area contributed by atoms with Crippen LogP contribution in [0.25, 0.3) is 87.2 Å². The summed E-state index contributed by atoms with van der Waals surface area (Å²) in [4.78, 5) is 13.8. The molecule has 0 unspecified atom stereocenters. The first kappa shape index (κ1) is 74.9. The van der Waals surface area contributed by atoms with Crippen LogP contribution in [0.2, 0.25) is 0 Å². The highest BCUT2D eigenvalue weighted by Crippen LogP contribution is 2.46. The van der Waals surface area contributed by atoms with Crippen LogP contribution < -0.4 is 29.4 Å². The van der Waals surface area contributed by atoms with E-state index in [1.165, 1.54) is 92.9 Å². The molecule has 0 heterocycles. The average Bonchev–Trinajstić information content (AvgIpc) is 0.780. The van der Waals surface area contributed by atoms with Crippen molar-refractivity contribution >= 4 is 139 Å². The lowest BCUT2D eigenvalue weighted by Crippen LogP contribution is -2.12. The van der Waals surface area contributed by atoms with Crippen LogP contribution in [0.5, 0.6) is 0 Å². The third-order valence-corrected chi connectivity index (χ3v) is 22.5. The first-order valence-electron chi connectivity index (χ1n) is 40.6. The largest absolute Gasteiger partial charge is 0.345 e. The monoisotopic (exact) mass is 1530 g/mol. The molecule has 0 aromatic heterocycles. The molecule has 0 saturated carbocycles. The van der Waals surface area contributed by atoms with E-state index >= 15 is 0 Å². The smallest absolute Gasteiger partial charge is 0.0540 e. The van der Waals surface area contributed by atoms with Gasteiger partial charge in [0.05, 0.1) is 17.1 Å². The lowest BCUT2D eigenvalue weighted by molar-refractivity contribution is 1.20. The Bertz CT molecular complexity index is 6830. The second kappa shape index (κ2) is 34.7. The minimum absolute atomic E-state index is 1.11. The van der Waals surface area contributed by atoms with E-state index in [9.17, 15) is 0 Å². The van der Waals surface area contributed by atoms with E-state index in [-0.39, 0.29) is 0 Å². The maximum atomic E-state index is 2.37. The summed E-state index contributed by atoms with van der Waals surface area (Å²) in [5.41, 5.74) is 24.3. The molecule has 0 saturated heterocycles. The van der Waals surface area contributed by atoms with E-state index < -0.39 is 0 Å². The van der Waals surface area contributed by atoms with Crippen molar-refractivity contribution in [3.8, 4) is 33.4 Å². The van der Waals surface area contributed by atoms with Crippen molar-refractivity contribution < 1.29 is 0 Å². The molecule has 570 valence electrons. The molecule has 0 aliphatic heterocycles. The fraction of sp³-hybridized carbons (Fsp3) is 0.0265. The highest BCUT2D eigenvalue weighted by atomic mass is 15.2. The van der Waals surface area contributed by atoms with Crippen molar-refractivity contribution in [2.75, 3.05) is 50.5 Å². The van der Waals surface area contributed by atoms with E-state index in [1.807, 2.05) is 6.07 Å². The Morgan fingerprint density at radius 1 is 0.126 bits per heavy atom. The third kappa shape index (κ3) is 16.2. The minimum atomic E-state index is 1.11.